The van der Waals surface area contributed by atoms with Gasteiger partial charge in [0.2, 0.25) is 11.8 Å². The zero-order valence-electron chi connectivity index (χ0n) is 23.9. The van der Waals surface area contributed by atoms with Gasteiger partial charge in [0.15, 0.2) is 0 Å². The molecule has 1 fully saturated rings. The normalized spacial score (nSPS) is 14.3. The average Bonchev–Trinajstić information content (AvgIpc) is 3.50. The van der Waals surface area contributed by atoms with Crippen LogP contribution in [-0.2, 0) is 26.2 Å². The number of halogens is 3. The third-order valence-corrected chi connectivity index (χ3v) is 10.0. The first-order valence-corrected chi connectivity index (χ1v) is 16.2. The maximum Gasteiger partial charge on any atom is 0.264 e. The minimum Gasteiger partial charge on any atom is -0.497 e. The van der Waals surface area contributed by atoms with Crippen molar-refractivity contribution in [2.45, 2.75) is 62.6 Å². The van der Waals surface area contributed by atoms with Crippen molar-refractivity contribution in [2.75, 3.05) is 18.0 Å². The number of carbonyl (C=O) groups excluding carboxylic acids is 2. The predicted molar refractivity (Wildman–Crippen MR) is 165 cm³/mol. The topological polar surface area (TPSA) is 96.0 Å². The number of benzene rings is 3. The zero-order chi connectivity index (χ0) is 31.1. The van der Waals surface area contributed by atoms with Crippen LogP contribution in [0.1, 0.15) is 44.6 Å². The van der Waals surface area contributed by atoms with Crippen molar-refractivity contribution in [2.24, 2.45) is 0 Å². The van der Waals surface area contributed by atoms with Gasteiger partial charge in [-0.1, -0.05) is 49.0 Å². The summed E-state index contributed by atoms with van der Waals surface area (Å²) < 4.78 is 47.8. The van der Waals surface area contributed by atoms with E-state index in [4.69, 9.17) is 27.9 Å². The summed E-state index contributed by atoms with van der Waals surface area (Å²) in [5.41, 5.74) is 0.502. The Morgan fingerprint density at radius 2 is 1.60 bits per heavy atom. The van der Waals surface area contributed by atoms with Crippen molar-refractivity contribution in [3.63, 3.8) is 0 Å². The maximum atomic E-state index is 14.2. The fourth-order valence-corrected chi connectivity index (χ4v) is 7.08. The lowest BCUT2D eigenvalue weighted by atomic mass is 10.1. The number of nitrogens with zero attached hydrogens (tertiary/aromatic N) is 2. The molecule has 0 unspecified atom stereocenters. The predicted octanol–water partition coefficient (Wildman–Crippen LogP) is 6.20. The molecule has 0 bridgehead atoms. The third-order valence-electron chi connectivity index (χ3n) is 7.52. The van der Waals surface area contributed by atoms with Gasteiger partial charge in [-0.2, -0.15) is 0 Å². The molecular formula is C31H34Cl2FN3O5S. The van der Waals surface area contributed by atoms with E-state index in [1.807, 2.05) is 0 Å². The van der Waals surface area contributed by atoms with E-state index in [1.165, 1.54) is 48.4 Å². The van der Waals surface area contributed by atoms with Crippen molar-refractivity contribution >= 4 is 50.7 Å². The summed E-state index contributed by atoms with van der Waals surface area (Å²) in [4.78, 5) is 29.0. The molecule has 230 valence electrons. The highest BCUT2D eigenvalue weighted by Gasteiger charge is 2.35. The van der Waals surface area contributed by atoms with Crippen LogP contribution >= 0.6 is 23.2 Å². The van der Waals surface area contributed by atoms with Crippen LogP contribution in [0.25, 0.3) is 0 Å². The molecule has 1 N–H and O–H groups in total. The minimum absolute atomic E-state index is 0.00793. The quantitative estimate of drug-likeness (QED) is 0.252. The summed E-state index contributed by atoms with van der Waals surface area (Å²) in [5.74, 6) is -1.12. The number of nitrogens with one attached hydrogen (secondary N) is 1. The van der Waals surface area contributed by atoms with Gasteiger partial charge in [0.25, 0.3) is 10.0 Å². The first-order valence-electron chi connectivity index (χ1n) is 14.0. The standard InChI is InChI=1S/C31H34Cl2FN3O5S/c1-3-29(31(39)35-22-7-4-5-8-22)36(19-26-27(32)9-6-10-28(26)33)30(38)20-37(23-13-11-21(34)12-14-23)43(40,41)25-17-15-24(42-2)16-18-25/h6,9-18,22,29H,3-5,7-8,19-20H2,1-2H3,(H,35,39)/t29-/m0/s1. The van der Waals surface area contributed by atoms with Crippen LogP contribution in [-0.4, -0.2) is 50.9 Å². The largest absolute Gasteiger partial charge is 0.497 e. The van der Waals surface area contributed by atoms with Gasteiger partial charge in [-0.05, 0) is 79.9 Å². The second kappa shape index (κ2) is 14.4. The van der Waals surface area contributed by atoms with Gasteiger partial charge in [-0.25, -0.2) is 12.8 Å². The summed E-state index contributed by atoms with van der Waals surface area (Å²) in [5, 5.41) is 3.66. The second-order valence-electron chi connectivity index (χ2n) is 10.3. The highest BCUT2D eigenvalue weighted by molar-refractivity contribution is 7.92. The summed E-state index contributed by atoms with van der Waals surface area (Å²) in [6, 6.07) is 14.5. The molecule has 1 saturated carbocycles. The lowest BCUT2D eigenvalue weighted by Gasteiger charge is -2.34. The van der Waals surface area contributed by atoms with Crippen LogP contribution in [0.2, 0.25) is 10.0 Å². The number of anilines is 1. The Labute approximate surface area is 261 Å². The molecule has 0 saturated heterocycles. The molecule has 0 radical (unpaired) electrons. The van der Waals surface area contributed by atoms with Gasteiger partial charge in [0.05, 0.1) is 17.7 Å². The molecule has 12 heteroatoms. The lowest BCUT2D eigenvalue weighted by molar-refractivity contribution is -0.140. The Morgan fingerprint density at radius 3 is 2.16 bits per heavy atom. The molecule has 3 aromatic carbocycles. The number of amides is 2. The minimum atomic E-state index is -4.33. The third kappa shape index (κ3) is 7.79. The molecule has 8 nitrogen and oxygen atoms in total. The van der Waals surface area contributed by atoms with E-state index in [2.05, 4.69) is 5.32 Å². The van der Waals surface area contributed by atoms with Gasteiger partial charge in [-0.15, -0.1) is 0 Å². The monoisotopic (exact) mass is 649 g/mol. The zero-order valence-corrected chi connectivity index (χ0v) is 26.3. The van der Waals surface area contributed by atoms with Crippen molar-refractivity contribution in [3.05, 3.63) is 88.2 Å². The number of carbonyl (C=O) groups is 2. The molecule has 4 rings (SSSR count). The summed E-state index contributed by atoms with van der Waals surface area (Å²) in [6.07, 6.45) is 3.98. The molecule has 1 aliphatic carbocycles. The smallest absolute Gasteiger partial charge is 0.264 e. The second-order valence-corrected chi connectivity index (χ2v) is 13.0. The number of hydrogen-bond acceptors (Lipinski definition) is 5. The van der Waals surface area contributed by atoms with E-state index in [9.17, 15) is 22.4 Å². The molecule has 1 atom stereocenters. The Bertz CT molecular complexity index is 1510. The molecule has 1 aliphatic rings. The summed E-state index contributed by atoms with van der Waals surface area (Å²) in [7, 11) is -2.87. The molecule has 0 aliphatic heterocycles. The Balaban J connectivity index is 1.74. The number of sulfonamides is 1. The number of rotatable bonds is 12. The molecular weight excluding hydrogens is 616 g/mol. The van der Waals surface area contributed by atoms with Gasteiger partial charge >= 0.3 is 0 Å². The SMILES string of the molecule is CC[C@@H](C(=O)NC1CCCC1)N(Cc1c(Cl)cccc1Cl)C(=O)CN(c1ccc(F)cc1)S(=O)(=O)c1ccc(OC)cc1. The number of ether oxygens (including phenoxy) is 1. The van der Waals surface area contributed by atoms with Gasteiger partial charge in [0.1, 0.15) is 24.2 Å². The molecule has 3 aromatic rings. The highest BCUT2D eigenvalue weighted by atomic mass is 35.5. The van der Waals surface area contributed by atoms with Crippen LogP contribution < -0.4 is 14.4 Å². The van der Waals surface area contributed by atoms with Gasteiger partial charge < -0.3 is 15.0 Å². The molecule has 0 aromatic heterocycles. The molecule has 43 heavy (non-hydrogen) atoms. The number of methoxy groups -OCH3 is 1. The lowest BCUT2D eigenvalue weighted by Crippen LogP contribution is -2.53. The molecule has 0 heterocycles. The Hall–Kier alpha value is -3.34. The first-order chi connectivity index (χ1) is 20.5. The van der Waals surface area contributed by atoms with Crippen molar-refractivity contribution in [1.29, 1.82) is 0 Å². The van der Waals surface area contributed by atoms with Crippen molar-refractivity contribution in [3.8, 4) is 5.75 Å². The Morgan fingerprint density at radius 1 is 1.00 bits per heavy atom. The molecule has 2 amide bonds. The van der Waals surface area contributed by atoms with Crippen LogP contribution in [0, 0.1) is 5.82 Å². The summed E-state index contributed by atoms with van der Waals surface area (Å²) >= 11 is 12.9. The van der Waals surface area contributed by atoms with Crippen LogP contribution in [0.5, 0.6) is 5.75 Å². The van der Waals surface area contributed by atoms with Crippen LogP contribution in [0.3, 0.4) is 0 Å². The van der Waals surface area contributed by atoms with Crippen LogP contribution in [0.15, 0.2) is 71.6 Å². The van der Waals surface area contributed by atoms with E-state index in [-0.39, 0.29) is 35.5 Å². The van der Waals surface area contributed by atoms with Crippen LogP contribution in [0.4, 0.5) is 10.1 Å². The van der Waals surface area contributed by atoms with Gasteiger partial charge in [0, 0.05) is 28.2 Å². The van der Waals surface area contributed by atoms with Crippen molar-refractivity contribution < 1.29 is 27.1 Å². The van der Waals surface area contributed by atoms with E-state index in [1.54, 1.807) is 25.1 Å². The van der Waals surface area contributed by atoms with E-state index >= 15 is 0 Å². The maximum absolute atomic E-state index is 14.2. The van der Waals surface area contributed by atoms with E-state index in [0.29, 0.717) is 21.4 Å². The number of hydrogen-bond donors (Lipinski definition) is 1. The summed E-state index contributed by atoms with van der Waals surface area (Å²) in [6.45, 7) is 0.974. The van der Waals surface area contributed by atoms with E-state index in [0.717, 1.165) is 42.1 Å². The Kier molecular flexibility index (Phi) is 10.9. The van der Waals surface area contributed by atoms with Crippen molar-refractivity contribution in [1.82, 2.24) is 10.2 Å². The molecule has 0 spiro atoms. The fourth-order valence-electron chi connectivity index (χ4n) is 5.15. The average molecular weight is 651 g/mol. The first kappa shape index (κ1) is 32.6. The van der Waals surface area contributed by atoms with Gasteiger partial charge in [-0.3, -0.25) is 13.9 Å². The fraction of sp³-hybridized carbons (Fsp3) is 0.355. The van der Waals surface area contributed by atoms with E-state index < -0.39 is 34.3 Å². The highest BCUT2D eigenvalue weighted by Crippen LogP contribution is 2.29.